The van der Waals surface area contributed by atoms with Crippen molar-refractivity contribution in [1.29, 1.82) is 0 Å². The monoisotopic (exact) mass is 233 g/mol. The predicted molar refractivity (Wildman–Crippen MR) is 54.6 cm³/mol. The number of hydrogen-bond acceptors (Lipinski definition) is 2. The van der Waals surface area contributed by atoms with Crippen LogP contribution in [0.4, 0.5) is 13.2 Å². The van der Waals surface area contributed by atoms with Gasteiger partial charge in [-0.05, 0) is 20.3 Å². The van der Waals surface area contributed by atoms with Gasteiger partial charge in [0.1, 0.15) is 5.75 Å². The van der Waals surface area contributed by atoms with Crippen LogP contribution in [0.1, 0.15) is 23.7 Å². The second kappa shape index (κ2) is 4.72. The molecule has 2 nitrogen and oxygen atoms in total. The van der Waals surface area contributed by atoms with Crippen LogP contribution in [0, 0.1) is 13.8 Å². The molecular formula is C11H14F3NO. The summed E-state index contributed by atoms with van der Waals surface area (Å²) in [6, 6.07) is 0. The zero-order valence-electron chi connectivity index (χ0n) is 9.48. The van der Waals surface area contributed by atoms with Crippen molar-refractivity contribution in [3.8, 4) is 5.75 Å². The minimum atomic E-state index is -4.31. The smallest absolute Gasteiger partial charge is 0.422 e. The van der Waals surface area contributed by atoms with Gasteiger partial charge in [0.25, 0.3) is 0 Å². The van der Waals surface area contributed by atoms with Crippen LogP contribution in [-0.4, -0.2) is 17.8 Å². The molecule has 0 spiro atoms. The summed E-state index contributed by atoms with van der Waals surface area (Å²) < 4.78 is 40.9. The third-order valence-electron chi connectivity index (χ3n) is 2.26. The van der Waals surface area contributed by atoms with Crippen LogP contribution in [0.25, 0.3) is 0 Å². The molecule has 0 bridgehead atoms. The standard InChI is InChI=1S/C11H14F3NO/c1-4-9-8(3)10(7(2)5-15-9)16-6-11(12,13)14/h5H,4,6H2,1-3H3. The predicted octanol–water partition coefficient (Wildman–Crippen LogP) is 3.20. The van der Waals surface area contributed by atoms with Crippen molar-refractivity contribution < 1.29 is 17.9 Å². The second-order valence-corrected chi connectivity index (χ2v) is 3.60. The van der Waals surface area contributed by atoms with Crippen LogP contribution in [0.15, 0.2) is 6.20 Å². The molecule has 0 aromatic carbocycles. The van der Waals surface area contributed by atoms with Crippen LogP contribution in [0.2, 0.25) is 0 Å². The summed E-state index contributed by atoms with van der Waals surface area (Å²) in [5, 5.41) is 0. The lowest BCUT2D eigenvalue weighted by atomic mass is 10.1. The Bertz CT molecular complexity index is 374. The lowest BCUT2D eigenvalue weighted by Crippen LogP contribution is -2.20. The quantitative estimate of drug-likeness (QED) is 0.799. The van der Waals surface area contributed by atoms with E-state index in [9.17, 15) is 13.2 Å². The first-order chi connectivity index (χ1) is 7.35. The Labute approximate surface area is 92.5 Å². The fraction of sp³-hybridized carbons (Fsp3) is 0.545. The summed E-state index contributed by atoms with van der Waals surface area (Å²) in [7, 11) is 0. The lowest BCUT2D eigenvalue weighted by Gasteiger charge is -2.15. The summed E-state index contributed by atoms with van der Waals surface area (Å²) in [4.78, 5) is 4.14. The number of aryl methyl sites for hydroxylation is 2. The molecule has 0 aliphatic heterocycles. The molecule has 0 aliphatic carbocycles. The Hall–Kier alpha value is -1.26. The second-order valence-electron chi connectivity index (χ2n) is 3.60. The van der Waals surface area contributed by atoms with Gasteiger partial charge in [0.15, 0.2) is 6.61 Å². The average Bonchev–Trinajstić information content (AvgIpc) is 2.16. The number of rotatable bonds is 3. The molecular weight excluding hydrogens is 219 g/mol. The highest BCUT2D eigenvalue weighted by Gasteiger charge is 2.29. The molecule has 0 amide bonds. The van der Waals surface area contributed by atoms with E-state index < -0.39 is 12.8 Å². The van der Waals surface area contributed by atoms with Crippen LogP contribution in [0.3, 0.4) is 0 Å². The maximum atomic E-state index is 12.0. The first-order valence-electron chi connectivity index (χ1n) is 4.99. The first-order valence-corrected chi connectivity index (χ1v) is 4.99. The molecule has 1 rings (SSSR count). The zero-order chi connectivity index (χ0) is 12.3. The molecule has 0 saturated carbocycles. The summed E-state index contributed by atoms with van der Waals surface area (Å²) in [6.07, 6.45) is -2.10. The molecule has 0 aliphatic rings. The van der Waals surface area contributed by atoms with Crippen molar-refractivity contribution in [3.05, 3.63) is 23.0 Å². The first kappa shape index (κ1) is 12.8. The summed E-state index contributed by atoms with van der Waals surface area (Å²) in [5.74, 6) is 0.296. The van der Waals surface area contributed by atoms with E-state index in [-0.39, 0.29) is 0 Å². The molecule has 16 heavy (non-hydrogen) atoms. The minimum Gasteiger partial charge on any atom is -0.483 e. The number of hydrogen-bond donors (Lipinski definition) is 0. The van der Waals surface area contributed by atoms with Gasteiger partial charge in [0, 0.05) is 23.0 Å². The largest absolute Gasteiger partial charge is 0.483 e. The molecule has 1 heterocycles. The van der Waals surface area contributed by atoms with E-state index in [1.807, 2.05) is 6.92 Å². The van der Waals surface area contributed by atoms with Crippen LogP contribution in [-0.2, 0) is 6.42 Å². The van der Waals surface area contributed by atoms with Gasteiger partial charge in [-0.2, -0.15) is 13.2 Å². The van der Waals surface area contributed by atoms with Crippen LogP contribution < -0.4 is 4.74 Å². The van der Waals surface area contributed by atoms with E-state index in [1.165, 1.54) is 6.20 Å². The Kier molecular flexibility index (Phi) is 3.78. The number of pyridine rings is 1. The van der Waals surface area contributed by atoms with Gasteiger partial charge < -0.3 is 4.74 Å². The maximum absolute atomic E-state index is 12.0. The zero-order valence-corrected chi connectivity index (χ0v) is 9.48. The van der Waals surface area contributed by atoms with Crippen LogP contribution >= 0.6 is 0 Å². The summed E-state index contributed by atoms with van der Waals surface area (Å²) >= 11 is 0. The van der Waals surface area contributed by atoms with Gasteiger partial charge in [0.2, 0.25) is 0 Å². The maximum Gasteiger partial charge on any atom is 0.422 e. The van der Waals surface area contributed by atoms with E-state index in [0.29, 0.717) is 23.3 Å². The summed E-state index contributed by atoms with van der Waals surface area (Å²) in [6.45, 7) is 4.05. The third kappa shape index (κ3) is 3.12. The molecule has 0 saturated heterocycles. The molecule has 1 aromatic rings. The molecule has 5 heteroatoms. The topological polar surface area (TPSA) is 22.1 Å². The van der Waals surface area contributed by atoms with E-state index in [0.717, 1.165) is 5.69 Å². The van der Waals surface area contributed by atoms with E-state index in [4.69, 9.17) is 4.74 Å². The molecule has 0 N–H and O–H groups in total. The highest BCUT2D eigenvalue weighted by atomic mass is 19.4. The highest BCUT2D eigenvalue weighted by Crippen LogP contribution is 2.26. The molecule has 0 radical (unpaired) electrons. The number of nitrogens with zero attached hydrogens (tertiary/aromatic N) is 1. The van der Waals surface area contributed by atoms with Crippen molar-refractivity contribution in [2.75, 3.05) is 6.61 Å². The summed E-state index contributed by atoms with van der Waals surface area (Å²) in [5.41, 5.74) is 2.08. The van der Waals surface area contributed by atoms with Crippen molar-refractivity contribution in [3.63, 3.8) is 0 Å². The highest BCUT2D eigenvalue weighted by molar-refractivity contribution is 5.41. The minimum absolute atomic E-state index is 0.296. The van der Waals surface area contributed by atoms with E-state index in [1.54, 1.807) is 13.8 Å². The van der Waals surface area contributed by atoms with E-state index in [2.05, 4.69) is 4.98 Å². The van der Waals surface area contributed by atoms with Gasteiger partial charge in [-0.25, -0.2) is 0 Å². The Balaban J connectivity index is 2.94. The normalized spacial score (nSPS) is 11.6. The Morgan fingerprint density at radius 2 is 1.94 bits per heavy atom. The van der Waals surface area contributed by atoms with Crippen molar-refractivity contribution in [1.82, 2.24) is 4.98 Å². The van der Waals surface area contributed by atoms with E-state index >= 15 is 0 Å². The fourth-order valence-corrected chi connectivity index (χ4v) is 1.49. The molecule has 0 fully saturated rings. The SMILES string of the molecule is CCc1ncc(C)c(OCC(F)(F)F)c1C. The Morgan fingerprint density at radius 3 is 2.44 bits per heavy atom. The molecule has 1 aromatic heterocycles. The van der Waals surface area contributed by atoms with Gasteiger partial charge >= 0.3 is 6.18 Å². The number of alkyl halides is 3. The van der Waals surface area contributed by atoms with Crippen molar-refractivity contribution in [2.24, 2.45) is 0 Å². The van der Waals surface area contributed by atoms with Crippen molar-refractivity contribution in [2.45, 2.75) is 33.4 Å². The number of ether oxygens (including phenoxy) is 1. The van der Waals surface area contributed by atoms with Gasteiger partial charge in [-0.1, -0.05) is 6.92 Å². The Morgan fingerprint density at radius 1 is 1.31 bits per heavy atom. The molecule has 0 unspecified atom stereocenters. The van der Waals surface area contributed by atoms with Crippen LogP contribution in [0.5, 0.6) is 5.75 Å². The third-order valence-corrected chi connectivity index (χ3v) is 2.26. The van der Waals surface area contributed by atoms with Gasteiger partial charge in [-0.3, -0.25) is 4.98 Å². The molecule has 90 valence electrons. The number of aromatic nitrogens is 1. The molecule has 0 atom stereocenters. The number of halogens is 3. The van der Waals surface area contributed by atoms with Crippen molar-refractivity contribution >= 4 is 0 Å². The lowest BCUT2D eigenvalue weighted by molar-refractivity contribution is -0.153. The van der Waals surface area contributed by atoms with Gasteiger partial charge in [-0.15, -0.1) is 0 Å². The van der Waals surface area contributed by atoms with Gasteiger partial charge in [0.05, 0.1) is 0 Å². The fourth-order valence-electron chi connectivity index (χ4n) is 1.49. The average molecular weight is 233 g/mol.